The molecule has 1 heterocycles. The quantitative estimate of drug-likeness (QED) is 0.0202. The van der Waals surface area contributed by atoms with Gasteiger partial charge < -0.3 is 34.3 Å². The normalized spacial score (nSPS) is 20.8. The van der Waals surface area contributed by atoms with Crippen LogP contribution < -0.4 is 0 Å². The molecule has 0 radical (unpaired) electrons. The molecular formula is C51H78O12S. The molecule has 1 aliphatic rings. The minimum absolute atomic E-state index is 0.0624. The van der Waals surface area contributed by atoms with Crippen LogP contribution in [0.5, 0.6) is 0 Å². The highest BCUT2D eigenvalue weighted by Gasteiger charge is 2.46. The second-order valence-electron chi connectivity index (χ2n) is 15.3. The van der Waals surface area contributed by atoms with Crippen LogP contribution in [0.3, 0.4) is 0 Å². The first-order valence-corrected chi connectivity index (χ1v) is 24.7. The lowest BCUT2D eigenvalue weighted by Gasteiger charge is -2.40. The summed E-state index contributed by atoms with van der Waals surface area (Å²) < 4.78 is 53.9. The number of unbranched alkanes of at least 4 members (excludes halogenated alkanes) is 4. The van der Waals surface area contributed by atoms with Gasteiger partial charge in [-0.05, 0) is 89.9 Å². The Labute approximate surface area is 384 Å². The van der Waals surface area contributed by atoms with Gasteiger partial charge in [0.15, 0.2) is 12.4 Å². The van der Waals surface area contributed by atoms with Gasteiger partial charge in [0.2, 0.25) is 0 Å². The molecule has 0 spiro atoms. The number of carbonyl (C=O) groups is 2. The lowest BCUT2D eigenvalue weighted by Crippen LogP contribution is -2.60. The summed E-state index contributed by atoms with van der Waals surface area (Å²) in [6.45, 7) is 3.48. The summed E-state index contributed by atoms with van der Waals surface area (Å²) >= 11 is 0. The standard InChI is InChI=1S/C51H78O12S/c1-3-5-7-9-11-13-15-17-19-21-22-24-25-27-29-31-33-35-37-39-46(52)60-41-44(42-61-51-50(56)49(55)48(54)45(63-51)43-64(57,58)59)62-47(53)40-38-36-34-32-30-28-26-23-20-18-16-14-12-10-8-6-4-2/h6,8,11-14,17-20,22,24,26-29,32-35,44-45,48-51,54-56H,3-5,7,9-10,15-16,21,23,25,30-31,36-43H2,1-2H3,(H,57,58,59)/b8-6+,13-11+,14-12+,19-17+,20-18+,24-22+,28-26+,29-27+,34-32+,35-33+/t44-,45-,48-,49?,50?,51+/m1/s1. The number of hydrogen-bond donors (Lipinski definition) is 4. The Hall–Kier alpha value is -3.95. The maximum Gasteiger partial charge on any atom is 0.306 e. The molecule has 4 N–H and O–H groups in total. The molecule has 0 bridgehead atoms. The summed E-state index contributed by atoms with van der Waals surface area (Å²) in [7, 11) is -4.63. The van der Waals surface area contributed by atoms with Gasteiger partial charge in [-0.3, -0.25) is 14.1 Å². The highest BCUT2D eigenvalue weighted by atomic mass is 32.2. The Bertz CT molecular complexity index is 1640. The molecule has 0 aromatic rings. The number of aliphatic hydroxyl groups excluding tert-OH is 3. The van der Waals surface area contributed by atoms with Crippen LogP contribution in [0.15, 0.2) is 122 Å². The van der Waals surface area contributed by atoms with E-state index in [0.29, 0.717) is 19.3 Å². The zero-order valence-corrected chi connectivity index (χ0v) is 39.1. The summed E-state index contributed by atoms with van der Waals surface area (Å²) in [5, 5.41) is 30.9. The third kappa shape index (κ3) is 33.5. The molecule has 13 heteroatoms. The van der Waals surface area contributed by atoms with E-state index in [-0.39, 0.29) is 19.4 Å². The second kappa shape index (κ2) is 39.4. The maximum absolute atomic E-state index is 12.8. The van der Waals surface area contributed by atoms with Gasteiger partial charge in [-0.1, -0.05) is 148 Å². The van der Waals surface area contributed by atoms with Crippen LogP contribution in [0.1, 0.15) is 129 Å². The van der Waals surface area contributed by atoms with Crippen LogP contribution in [-0.4, -0.2) is 96.0 Å². The van der Waals surface area contributed by atoms with Crippen molar-refractivity contribution in [2.45, 2.75) is 166 Å². The average molecular weight is 915 g/mol. The Morgan fingerprint density at radius 2 is 1.00 bits per heavy atom. The van der Waals surface area contributed by atoms with E-state index in [9.17, 15) is 37.9 Å². The van der Waals surface area contributed by atoms with Crippen LogP contribution in [0.4, 0.5) is 0 Å². The number of ether oxygens (including phenoxy) is 4. The van der Waals surface area contributed by atoms with Gasteiger partial charge in [-0.25, -0.2) is 0 Å². The highest BCUT2D eigenvalue weighted by molar-refractivity contribution is 7.85. The molecule has 0 saturated carbocycles. The number of carbonyl (C=O) groups excluding carboxylic acids is 2. The summed E-state index contributed by atoms with van der Waals surface area (Å²) in [4.78, 5) is 25.4. The van der Waals surface area contributed by atoms with E-state index in [1.807, 2.05) is 24.3 Å². The van der Waals surface area contributed by atoms with Crippen molar-refractivity contribution >= 4 is 22.1 Å². The van der Waals surface area contributed by atoms with Gasteiger partial charge in [0, 0.05) is 12.8 Å². The molecule has 360 valence electrons. The predicted octanol–water partition coefficient (Wildman–Crippen LogP) is 9.78. The lowest BCUT2D eigenvalue weighted by molar-refractivity contribution is -0.297. The van der Waals surface area contributed by atoms with E-state index in [4.69, 9.17) is 18.9 Å². The van der Waals surface area contributed by atoms with Crippen LogP contribution in [0, 0.1) is 0 Å². The molecule has 1 saturated heterocycles. The molecule has 1 rings (SSSR count). The van der Waals surface area contributed by atoms with Crippen molar-refractivity contribution in [2.75, 3.05) is 19.0 Å². The predicted molar refractivity (Wildman–Crippen MR) is 256 cm³/mol. The molecule has 1 aliphatic heterocycles. The van der Waals surface area contributed by atoms with Gasteiger partial charge >= 0.3 is 11.9 Å². The van der Waals surface area contributed by atoms with E-state index in [2.05, 4.69) is 111 Å². The molecule has 6 atom stereocenters. The molecule has 0 aromatic carbocycles. The Balaban J connectivity index is 2.55. The fourth-order valence-electron chi connectivity index (χ4n) is 5.99. The first-order valence-electron chi connectivity index (χ1n) is 23.1. The number of allylic oxidation sites excluding steroid dienone is 20. The number of esters is 2. The largest absolute Gasteiger partial charge is 0.462 e. The SMILES string of the molecule is CC/C=C/C/C=C/C/C=C/C/C=C/C/C=C/CCCC(=O)O[C@H](COC(=O)CC/C=C/C/C=C/C/C=C/C/C=C/C/C=C/CCCCC)CO[C@H]1O[C@H](CS(=O)(=O)O)[C@@H](O)C(O)C1O. The number of hydrogen-bond acceptors (Lipinski definition) is 11. The van der Waals surface area contributed by atoms with Crippen molar-refractivity contribution in [2.24, 2.45) is 0 Å². The van der Waals surface area contributed by atoms with Crippen LogP contribution >= 0.6 is 0 Å². The Morgan fingerprint density at radius 3 is 1.47 bits per heavy atom. The molecule has 12 nitrogen and oxygen atoms in total. The van der Waals surface area contributed by atoms with Crippen molar-refractivity contribution in [1.82, 2.24) is 0 Å². The number of aliphatic hydroxyl groups is 3. The zero-order valence-electron chi connectivity index (χ0n) is 38.3. The van der Waals surface area contributed by atoms with E-state index in [0.717, 1.165) is 64.2 Å². The number of rotatable bonds is 36. The minimum Gasteiger partial charge on any atom is -0.462 e. The second-order valence-corrected chi connectivity index (χ2v) is 16.8. The van der Waals surface area contributed by atoms with Gasteiger partial charge in [0.25, 0.3) is 10.1 Å². The maximum atomic E-state index is 12.8. The Kier molecular flexibility index (Phi) is 35.8. The van der Waals surface area contributed by atoms with Gasteiger partial charge in [-0.15, -0.1) is 0 Å². The van der Waals surface area contributed by atoms with Crippen molar-refractivity contribution in [3.05, 3.63) is 122 Å². The van der Waals surface area contributed by atoms with E-state index in [1.165, 1.54) is 19.3 Å². The third-order valence-corrected chi connectivity index (χ3v) is 10.3. The molecule has 2 unspecified atom stereocenters. The molecule has 0 aromatic heterocycles. The third-order valence-electron chi connectivity index (χ3n) is 9.54. The van der Waals surface area contributed by atoms with Crippen LogP contribution in [0.25, 0.3) is 0 Å². The molecule has 0 aliphatic carbocycles. The first-order chi connectivity index (χ1) is 31.0. The van der Waals surface area contributed by atoms with E-state index >= 15 is 0 Å². The summed E-state index contributed by atoms with van der Waals surface area (Å²) in [5.74, 6) is -2.19. The van der Waals surface area contributed by atoms with Crippen LogP contribution in [-0.2, 0) is 38.7 Å². The molecule has 64 heavy (non-hydrogen) atoms. The van der Waals surface area contributed by atoms with Gasteiger partial charge in [0.1, 0.15) is 36.8 Å². The molecule has 0 amide bonds. The van der Waals surface area contributed by atoms with Gasteiger partial charge in [-0.2, -0.15) is 8.42 Å². The Morgan fingerprint density at radius 1 is 0.547 bits per heavy atom. The van der Waals surface area contributed by atoms with E-state index in [1.54, 1.807) is 0 Å². The van der Waals surface area contributed by atoms with Crippen LogP contribution in [0.2, 0.25) is 0 Å². The van der Waals surface area contributed by atoms with Crippen molar-refractivity contribution in [3.8, 4) is 0 Å². The van der Waals surface area contributed by atoms with Gasteiger partial charge in [0.05, 0.1) is 6.61 Å². The molecule has 1 fully saturated rings. The van der Waals surface area contributed by atoms with Crippen molar-refractivity contribution in [1.29, 1.82) is 0 Å². The summed E-state index contributed by atoms with van der Waals surface area (Å²) in [6.07, 6.45) is 46.9. The fourth-order valence-corrected chi connectivity index (χ4v) is 6.68. The molecular weight excluding hydrogens is 837 g/mol. The monoisotopic (exact) mass is 915 g/mol. The topological polar surface area (TPSA) is 186 Å². The summed E-state index contributed by atoms with van der Waals surface area (Å²) in [6, 6.07) is 0. The zero-order chi connectivity index (χ0) is 46.9. The fraction of sp³-hybridized carbons (Fsp3) is 0.569. The minimum atomic E-state index is -4.63. The van der Waals surface area contributed by atoms with Crippen molar-refractivity contribution < 1.29 is 56.8 Å². The lowest BCUT2D eigenvalue weighted by atomic mass is 10.00. The summed E-state index contributed by atoms with van der Waals surface area (Å²) in [5.41, 5.74) is 0. The average Bonchev–Trinajstić information content (AvgIpc) is 3.26. The first kappa shape index (κ1) is 58.1. The van der Waals surface area contributed by atoms with Crippen molar-refractivity contribution in [3.63, 3.8) is 0 Å². The van der Waals surface area contributed by atoms with E-state index < -0.39 is 71.2 Å². The highest BCUT2D eigenvalue weighted by Crippen LogP contribution is 2.23. The smallest absolute Gasteiger partial charge is 0.306 e.